The van der Waals surface area contributed by atoms with Gasteiger partial charge >= 0.3 is 48.4 Å². The predicted molar refractivity (Wildman–Crippen MR) is 395 cm³/mol. The van der Waals surface area contributed by atoms with Crippen LogP contribution >= 0.6 is 0 Å². The normalized spacial score (nSPS) is 21.2. The third kappa shape index (κ3) is 23.4. The molecule has 12 rings (SSSR count). The van der Waals surface area contributed by atoms with Crippen molar-refractivity contribution in [3.8, 4) is 0 Å². The Kier molecular flexibility index (Phi) is 30.2. The zero-order valence-corrected chi connectivity index (χ0v) is 62.5. The molecule has 5 saturated heterocycles. The number of aromatic nitrogens is 4. The van der Waals surface area contributed by atoms with Crippen LogP contribution < -0.4 is 21.3 Å². The molecule has 0 aliphatic carbocycles. The van der Waals surface area contributed by atoms with Gasteiger partial charge in [0, 0.05) is 53.4 Å². The zero-order chi connectivity index (χ0) is 80.0. The number of hydrogen-bond acceptors (Lipinski definition) is 24. The fraction of sp³-hybridized carbons (Fsp3) is 0.447. The number of hydrogen-bond donors (Lipinski definition) is 9. The average molecular weight is 1530 g/mol. The van der Waals surface area contributed by atoms with Gasteiger partial charge in [-0.3, -0.25) is 38.2 Å². The van der Waals surface area contributed by atoms with E-state index >= 15 is 0 Å². The van der Waals surface area contributed by atoms with Crippen LogP contribution in [0.4, 0.5) is 35.6 Å². The van der Waals surface area contributed by atoms with Gasteiger partial charge in [-0.05, 0) is 140 Å². The van der Waals surface area contributed by atoms with E-state index in [-0.39, 0.29) is 50.6 Å². The molecule has 592 valence electrons. The van der Waals surface area contributed by atoms with Crippen molar-refractivity contribution in [2.24, 2.45) is 0 Å². The number of carbonyl (C=O) groups is 10. The highest BCUT2D eigenvalue weighted by Crippen LogP contribution is 2.28. The predicted octanol–water partition coefficient (Wildman–Crippen LogP) is 7.45. The molecule has 5 amide bonds. The van der Waals surface area contributed by atoms with Crippen molar-refractivity contribution in [1.82, 2.24) is 44.4 Å². The Labute approximate surface area is 633 Å². The van der Waals surface area contributed by atoms with E-state index in [1.807, 2.05) is 99.6 Å². The minimum absolute atomic E-state index is 0.0820. The van der Waals surface area contributed by atoms with Gasteiger partial charge in [-0.25, -0.2) is 43.5 Å². The number of nitrogens with one attached hydrogen (secondary N) is 4. The second-order valence-corrected chi connectivity index (χ2v) is 27.8. The first kappa shape index (κ1) is 84.5. The number of amides is 5. The second kappa shape index (κ2) is 39.3. The standard InChI is InChI=1S/C26H30N4O6.C18H24N4O4.C14H17NO5.C13H15NO5.C5H9NO3/c1-26(2,3)36-25(33)29-14-12-18-19(29)10-11-21(27-18)28-23(31)22-20(34-4)13-15-30(22)24(32)35-16-17-8-6-5-7-9-17;1-18(2,3)26-17(24)22-10-8-11-12(22)5-6-14(20-11)21-16(23)15-13(25-4)7-9-19-15;1-19-11-7-8-15(12(11)13(16)17)14(18)20-9-10-5-3-2-4-6-10;15-10-6-7-14(11(10)12(16)17)13(18)19-8-9-4-2-1-3-5-9;7-3-1-2-6-4(3)5(8)9/h5-12,14,20,22H,13,15-16H2,1-4H3,(H,27,28,31);5-6,8,10,13,15,19H,7,9H2,1-4H3,(H,20,21,23);2-6,11-12H,7-9H2,1H3,(H,16,17);1-5,10-11,15H,6-8H2,(H,16,17);3-4,6-7H,1-2H2,(H,8,9)/t20-,22-;13-,15-;11-,12-;10-,11-;3-,4-/m11111/s1. The van der Waals surface area contributed by atoms with E-state index in [1.54, 1.807) is 88.8 Å². The minimum atomic E-state index is -1.22. The number of likely N-dealkylation sites (tertiary alicyclic amines) is 3. The lowest BCUT2D eigenvalue weighted by molar-refractivity contribution is -0.145. The van der Waals surface area contributed by atoms with Crippen LogP contribution in [0, 0.1) is 0 Å². The van der Waals surface area contributed by atoms with Gasteiger partial charge in [-0.1, -0.05) is 91.0 Å². The molecule has 0 spiro atoms. The number of rotatable bonds is 16. The van der Waals surface area contributed by atoms with Crippen LogP contribution in [0.1, 0.15) is 90.3 Å². The first-order valence-corrected chi connectivity index (χ1v) is 35.4. The van der Waals surface area contributed by atoms with Crippen molar-refractivity contribution in [3.05, 3.63) is 156 Å². The second-order valence-electron chi connectivity index (χ2n) is 27.8. The fourth-order valence-electron chi connectivity index (χ4n) is 12.4. The van der Waals surface area contributed by atoms with Gasteiger partial charge < -0.3 is 84.7 Å². The van der Waals surface area contributed by atoms with Crippen LogP contribution in [-0.2, 0) is 81.7 Å². The van der Waals surface area contributed by atoms with Gasteiger partial charge in [0.1, 0.15) is 60.8 Å². The molecule has 3 aromatic carbocycles. The van der Waals surface area contributed by atoms with Gasteiger partial charge in [0.25, 0.3) is 5.91 Å². The number of aliphatic carboxylic acids is 3. The Morgan fingerprint density at radius 1 is 0.427 bits per heavy atom. The number of benzene rings is 3. The molecule has 5 aliphatic rings. The molecule has 0 unspecified atom stereocenters. The SMILES string of the molecule is CO[C@@H]1CCN(C(=O)OCc2ccccc2)[C@H]1C(=O)Nc1ccc2c(ccn2C(=O)OC(C)(C)C)n1.CO[C@@H]1CCN(C(=O)OCc2ccccc2)[C@H]1C(=O)O.CO[C@@H]1CCN[C@H]1C(=O)Nc1ccc2c(ccn2C(=O)OC(C)(C)C)n1.O=C(O)[C@@H]1NCC[C@H]1O.O=C(O)[C@H]1[C@H](O)CCN1C(=O)OCc1ccccc1. The summed E-state index contributed by atoms with van der Waals surface area (Å²) in [6.07, 6.45) is -0.0260. The zero-order valence-electron chi connectivity index (χ0n) is 62.5. The average Bonchev–Trinajstić information content (AvgIpc) is 1.64. The maximum absolute atomic E-state index is 13.2. The number of carboxylic acid groups (broad SMARTS) is 3. The molecule has 7 aromatic rings. The smallest absolute Gasteiger partial charge is 0.419 e. The third-order valence-corrected chi connectivity index (χ3v) is 17.7. The molecule has 34 heteroatoms. The summed E-state index contributed by atoms with van der Waals surface area (Å²) in [4.78, 5) is 132. The van der Waals surface area contributed by atoms with Crippen molar-refractivity contribution in [1.29, 1.82) is 0 Å². The number of methoxy groups -OCH3 is 3. The number of fused-ring (bicyclic) bond motifs is 2. The summed E-state index contributed by atoms with van der Waals surface area (Å²) < 4.78 is 45.1. The van der Waals surface area contributed by atoms with E-state index in [0.29, 0.717) is 66.8 Å². The van der Waals surface area contributed by atoms with E-state index < -0.39 is 120 Å². The third-order valence-electron chi connectivity index (χ3n) is 17.7. The molecule has 0 saturated carbocycles. The molecule has 5 fully saturated rings. The van der Waals surface area contributed by atoms with Gasteiger partial charge in [0.05, 0.1) is 52.6 Å². The maximum atomic E-state index is 13.2. The number of anilines is 2. The summed E-state index contributed by atoms with van der Waals surface area (Å²) in [5.74, 6) is -3.18. The number of ether oxygens (including phenoxy) is 8. The first-order chi connectivity index (χ1) is 52.4. The number of carboxylic acids is 3. The molecule has 5 aliphatic heterocycles. The van der Waals surface area contributed by atoms with Gasteiger partial charge in [0.2, 0.25) is 5.91 Å². The van der Waals surface area contributed by atoms with Crippen molar-refractivity contribution in [2.75, 3.05) is 64.7 Å². The number of aliphatic hydroxyl groups excluding tert-OH is 2. The Morgan fingerprint density at radius 3 is 1.19 bits per heavy atom. The molecule has 9 heterocycles. The fourth-order valence-corrected chi connectivity index (χ4v) is 12.4. The molecule has 9 N–H and O–H groups in total. The van der Waals surface area contributed by atoms with Crippen LogP contribution in [0.15, 0.2) is 140 Å². The molecule has 0 bridgehead atoms. The van der Waals surface area contributed by atoms with Crippen molar-refractivity contribution < 1.29 is 111 Å². The van der Waals surface area contributed by atoms with Crippen LogP contribution in [0.5, 0.6) is 0 Å². The summed E-state index contributed by atoms with van der Waals surface area (Å²) >= 11 is 0. The van der Waals surface area contributed by atoms with Crippen molar-refractivity contribution >= 4 is 93.9 Å². The molecular formula is C76H95N11O23. The highest BCUT2D eigenvalue weighted by Gasteiger charge is 2.46. The molecule has 34 nitrogen and oxygen atoms in total. The van der Waals surface area contributed by atoms with Crippen molar-refractivity contribution in [3.63, 3.8) is 0 Å². The summed E-state index contributed by atoms with van der Waals surface area (Å²) in [7, 11) is 4.55. The molecule has 10 atom stereocenters. The Hall–Kier alpha value is -11.1. The van der Waals surface area contributed by atoms with Crippen LogP contribution in [0.25, 0.3) is 22.1 Å². The Balaban J connectivity index is 0.000000182. The van der Waals surface area contributed by atoms with Gasteiger partial charge in [0.15, 0.2) is 12.1 Å². The largest absolute Gasteiger partial charge is 0.480 e. The monoisotopic (exact) mass is 1530 g/mol. The van der Waals surface area contributed by atoms with E-state index in [2.05, 4.69) is 31.2 Å². The number of nitrogens with zero attached hydrogens (tertiary/aromatic N) is 7. The van der Waals surface area contributed by atoms with Crippen molar-refractivity contribution in [2.45, 2.75) is 165 Å². The topological polar surface area (TPSA) is 439 Å². The highest BCUT2D eigenvalue weighted by atomic mass is 16.6. The van der Waals surface area contributed by atoms with Crippen LogP contribution in [0.3, 0.4) is 0 Å². The minimum Gasteiger partial charge on any atom is -0.480 e. The summed E-state index contributed by atoms with van der Waals surface area (Å²) in [6, 6.07) is 33.5. The summed E-state index contributed by atoms with van der Waals surface area (Å²) in [5.41, 5.74) is 3.57. The molecule has 0 radical (unpaired) electrons. The van der Waals surface area contributed by atoms with E-state index in [9.17, 15) is 58.2 Å². The molecule has 110 heavy (non-hydrogen) atoms. The van der Waals surface area contributed by atoms with E-state index in [0.717, 1.165) is 34.6 Å². The first-order valence-electron chi connectivity index (χ1n) is 35.4. The lowest BCUT2D eigenvalue weighted by atomic mass is 10.1. The van der Waals surface area contributed by atoms with Gasteiger partial charge in [-0.2, -0.15) is 0 Å². The number of carbonyl (C=O) groups excluding carboxylic acids is 7. The molecule has 4 aromatic heterocycles. The Bertz CT molecular complexity index is 4290. The quantitative estimate of drug-likeness (QED) is 0.0424. The highest BCUT2D eigenvalue weighted by molar-refractivity contribution is 5.99. The van der Waals surface area contributed by atoms with Gasteiger partial charge in [-0.15, -0.1) is 0 Å². The lowest BCUT2D eigenvalue weighted by Crippen LogP contribution is -2.48. The lowest BCUT2D eigenvalue weighted by Gasteiger charge is -2.26. The maximum Gasteiger partial charge on any atom is 0.419 e. The van der Waals surface area contributed by atoms with E-state index in [1.165, 1.54) is 33.2 Å². The summed E-state index contributed by atoms with van der Waals surface area (Å²) in [5, 5.41) is 56.3. The van der Waals surface area contributed by atoms with Crippen LogP contribution in [-0.4, -0.2) is 246 Å². The molecular weight excluding hydrogens is 1430 g/mol. The number of pyridine rings is 2. The number of aliphatic hydroxyl groups is 2. The summed E-state index contributed by atoms with van der Waals surface area (Å²) in [6.45, 7) is 13.3. The van der Waals surface area contributed by atoms with E-state index in [4.69, 9.17) is 53.2 Å². The Morgan fingerprint density at radius 2 is 0.809 bits per heavy atom. The van der Waals surface area contributed by atoms with Crippen LogP contribution in [0.2, 0.25) is 0 Å².